The van der Waals surface area contributed by atoms with Crippen LogP contribution >= 0.6 is 0 Å². The van der Waals surface area contributed by atoms with Crippen molar-refractivity contribution in [2.45, 2.75) is 6.92 Å². The van der Waals surface area contributed by atoms with Gasteiger partial charge in [0.1, 0.15) is 0 Å². The molecule has 3 aromatic rings. The second-order valence-corrected chi connectivity index (χ2v) is 5.12. The number of aryl methyl sites for hydroxylation is 1. The minimum Gasteiger partial charge on any atom is -0.321 e. The smallest absolute Gasteiger partial charge is 0.255 e. The van der Waals surface area contributed by atoms with Gasteiger partial charge in [-0.25, -0.2) is 0 Å². The van der Waals surface area contributed by atoms with Gasteiger partial charge in [0.15, 0.2) is 0 Å². The van der Waals surface area contributed by atoms with Gasteiger partial charge in [-0.2, -0.15) is 0 Å². The fourth-order valence-corrected chi connectivity index (χ4v) is 2.16. The number of amides is 1. The van der Waals surface area contributed by atoms with Crippen molar-refractivity contribution in [1.82, 2.24) is 4.98 Å². The highest BCUT2D eigenvalue weighted by molar-refractivity contribution is 6.04. The van der Waals surface area contributed by atoms with Crippen LogP contribution in [0, 0.1) is 6.92 Å². The number of hydrogen-bond acceptors (Lipinski definition) is 2. The van der Waals surface area contributed by atoms with Crippen LogP contribution in [0.1, 0.15) is 15.9 Å². The van der Waals surface area contributed by atoms with Crippen LogP contribution in [0.25, 0.3) is 11.3 Å². The molecule has 0 aliphatic heterocycles. The van der Waals surface area contributed by atoms with E-state index in [4.69, 9.17) is 0 Å². The summed E-state index contributed by atoms with van der Waals surface area (Å²) in [6.07, 6.45) is 1.68. The molecular weight excluding hydrogens is 272 g/mol. The number of carbonyl (C=O) groups is 1. The van der Waals surface area contributed by atoms with E-state index in [1.165, 1.54) is 0 Å². The number of anilines is 1. The first-order valence-electron chi connectivity index (χ1n) is 7.12. The number of benzene rings is 2. The van der Waals surface area contributed by atoms with Crippen LogP contribution in [0.4, 0.5) is 5.69 Å². The van der Waals surface area contributed by atoms with Crippen LogP contribution in [-0.4, -0.2) is 10.9 Å². The van der Waals surface area contributed by atoms with E-state index in [-0.39, 0.29) is 5.91 Å². The quantitative estimate of drug-likeness (QED) is 0.780. The summed E-state index contributed by atoms with van der Waals surface area (Å²) in [5.41, 5.74) is 4.39. The van der Waals surface area contributed by atoms with Crippen LogP contribution in [0.15, 0.2) is 72.9 Å². The highest BCUT2D eigenvalue weighted by Gasteiger charge is 2.06. The average Bonchev–Trinajstić information content (AvgIpc) is 2.57. The molecule has 108 valence electrons. The van der Waals surface area contributed by atoms with Crippen LogP contribution in [-0.2, 0) is 0 Å². The summed E-state index contributed by atoms with van der Waals surface area (Å²) in [6.45, 7) is 1.99. The van der Waals surface area contributed by atoms with Gasteiger partial charge < -0.3 is 5.32 Å². The Morgan fingerprint density at radius 3 is 2.27 bits per heavy atom. The molecule has 0 saturated carbocycles. The van der Waals surface area contributed by atoms with Gasteiger partial charge in [0.2, 0.25) is 0 Å². The van der Waals surface area contributed by atoms with Gasteiger partial charge in [-0.3, -0.25) is 9.78 Å². The molecule has 3 nitrogen and oxygen atoms in total. The molecule has 1 heterocycles. The Morgan fingerprint density at radius 2 is 1.64 bits per heavy atom. The van der Waals surface area contributed by atoms with Gasteiger partial charge in [0.25, 0.3) is 5.91 Å². The number of nitrogens with zero attached hydrogens (tertiary/aromatic N) is 1. The summed E-state index contributed by atoms with van der Waals surface area (Å²) < 4.78 is 0. The standard InChI is InChI=1S/C19H16N2O/c1-14-7-9-16(10-8-14)19(22)21-17-11-12-18(20-13-17)15-5-3-2-4-6-15/h2-13H,1H3,(H,21,22). The maximum absolute atomic E-state index is 12.1. The van der Waals surface area contributed by atoms with Crippen LogP contribution < -0.4 is 5.32 Å². The summed E-state index contributed by atoms with van der Waals surface area (Å²) in [6, 6.07) is 21.2. The number of pyridine rings is 1. The predicted molar refractivity (Wildman–Crippen MR) is 88.8 cm³/mol. The first-order valence-corrected chi connectivity index (χ1v) is 7.12. The maximum Gasteiger partial charge on any atom is 0.255 e. The van der Waals surface area contributed by atoms with Gasteiger partial charge in [-0.1, -0.05) is 48.0 Å². The summed E-state index contributed by atoms with van der Waals surface area (Å²) in [4.78, 5) is 16.5. The molecule has 2 aromatic carbocycles. The molecule has 1 aromatic heterocycles. The van der Waals surface area contributed by atoms with Crippen molar-refractivity contribution in [3.05, 3.63) is 84.1 Å². The number of carbonyl (C=O) groups excluding carboxylic acids is 1. The third-order valence-corrected chi connectivity index (χ3v) is 3.40. The molecule has 0 atom stereocenters. The van der Waals surface area contributed by atoms with E-state index in [1.807, 2.05) is 73.7 Å². The molecule has 3 rings (SSSR count). The number of rotatable bonds is 3. The predicted octanol–water partition coefficient (Wildman–Crippen LogP) is 4.31. The monoisotopic (exact) mass is 288 g/mol. The van der Waals surface area contributed by atoms with Crippen molar-refractivity contribution < 1.29 is 4.79 Å². The highest BCUT2D eigenvalue weighted by Crippen LogP contribution is 2.18. The first kappa shape index (κ1) is 14.0. The van der Waals surface area contributed by atoms with Crippen molar-refractivity contribution in [1.29, 1.82) is 0 Å². The van der Waals surface area contributed by atoms with E-state index >= 15 is 0 Å². The van der Waals surface area contributed by atoms with E-state index in [1.54, 1.807) is 6.20 Å². The fraction of sp³-hybridized carbons (Fsp3) is 0.0526. The summed E-state index contributed by atoms with van der Waals surface area (Å²) in [5.74, 6) is -0.130. The molecule has 0 saturated heterocycles. The summed E-state index contributed by atoms with van der Waals surface area (Å²) in [7, 11) is 0. The Balaban J connectivity index is 1.73. The van der Waals surface area contributed by atoms with Gasteiger partial charge >= 0.3 is 0 Å². The molecule has 22 heavy (non-hydrogen) atoms. The SMILES string of the molecule is Cc1ccc(C(=O)Nc2ccc(-c3ccccc3)nc2)cc1. The minimum atomic E-state index is -0.130. The zero-order valence-electron chi connectivity index (χ0n) is 12.3. The molecule has 0 aliphatic rings. The third kappa shape index (κ3) is 3.20. The van der Waals surface area contributed by atoms with Crippen LogP contribution in [0.2, 0.25) is 0 Å². The van der Waals surface area contributed by atoms with Crippen LogP contribution in [0.5, 0.6) is 0 Å². The molecule has 0 fully saturated rings. The Bertz CT molecular complexity index is 763. The van der Waals surface area contributed by atoms with Gasteiger partial charge in [-0.05, 0) is 31.2 Å². The zero-order valence-corrected chi connectivity index (χ0v) is 12.3. The van der Waals surface area contributed by atoms with Gasteiger partial charge in [0, 0.05) is 11.1 Å². The van der Waals surface area contributed by atoms with E-state index in [9.17, 15) is 4.79 Å². The Kier molecular flexibility index (Phi) is 3.97. The fourth-order valence-electron chi connectivity index (χ4n) is 2.16. The lowest BCUT2D eigenvalue weighted by atomic mass is 10.1. The van der Waals surface area contributed by atoms with E-state index in [2.05, 4.69) is 10.3 Å². The summed E-state index contributed by atoms with van der Waals surface area (Å²) >= 11 is 0. The molecule has 0 unspecified atom stereocenters. The molecule has 0 aliphatic carbocycles. The van der Waals surface area contributed by atoms with Crippen molar-refractivity contribution in [3.63, 3.8) is 0 Å². The zero-order chi connectivity index (χ0) is 15.4. The lowest BCUT2D eigenvalue weighted by molar-refractivity contribution is 0.102. The Hall–Kier alpha value is -2.94. The average molecular weight is 288 g/mol. The van der Waals surface area contributed by atoms with Crippen LogP contribution in [0.3, 0.4) is 0 Å². The van der Waals surface area contributed by atoms with Gasteiger partial charge in [0.05, 0.1) is 17.6 Å². The molecule has 0 bridgehead atoms. The van der Waals surface area contributed by atoms with E-state index < -0.39 is 0 Å². The largest absolute Gasteiger partial charge is 0.321 e. The molecular formula is C19H16N2O. The molecule has 3 heteroatoms. The Morgan fingerprint density at radius 1 is 0.909 bits per heavy atom. The molecule has 0 spiro atoms. The molecule has 1 amide bonds. The molecule has 0 radical (unpaired) electrons. The van der Waals surface area contributed by atoms with Gasteiger partial charge in [-0.15, -0.1) is 0 Å². The van der Waals surface area contributed by atoms with Crippen molar-refractivity contribution in [2.75, 3.05) is 5.32 Å². The van der Waals surface area contributed by atoms with E-state index in [0.29, 0.717) is 11.3 Å². The molecule has 1 N–H and O–H groups in total. The Labute approximate surface area is 129 Å². The second-order valence-electron chi connectivity index (χ2n) is 5.12. The number of hydrogen-bond donors (Lipinski definition) is 1. The minimum absolute atomic E-state index is 0.130. The maximum atomic E-state index is 12.1. The number of aromatic nitrogens is 1. The van der Waals surface area contributed by atoms with Crippen molar-refractivity contribution in [3.8, 4) is 11.3 Å². The van der Waals surface area contributed by atoms with Crippen molar-refractivity contribution >= 4 is 11.6 Å². The topological polar surface area (TPSA) is 42.0 Å². The lowest BCUT2D eigenvalue weighted by Crippen LogP contribution is -2.11. The lowest BCUT2D eigenvalue weighted by Gasteiger charge is -2.06. The first-order chi connectivity index (χ1) is 10.7. The summed E-state index contributed by atoms with van der Waals surface area (Å²) in [5, 5.41) is 2.85. The third-order valence-electron chi connectivity index (χ3n) is 3.40. The second kappa shape index (κ2) is 6.22. The van der Waals surface area contributed by atoms with Crippen molar-refractivity contribution in [2.24, 2.45) is 0 Å². The number of nitrogens with one attached hydrogen (secondary N) is 1. The highest BCUT2D eigenvalue weighted by atomic mass is 16.1. The van der Waals surface area contributed by atoms with E-state index in [0.717, 1.165) is 16.8 Å². The normalized spacial score (nSPS) is 10.2.